The van der Waals surface area contributed by atoms with Gasteiger partial charge in [-0.3, -0.25) is 4.72 Å². The van der Waals surface area contributed by atoms with Crippen molar-refractivity contribution in [2.45, 2.75) is 4.90 Å². The van der Waals surface area contributed by atoms with Crippen LogP contribution in [0.15, 0.2) is 41.3 Å². The molecule has 4 nitrogen and oxygen atoms in total. The summed E-state index contributed by atoms with van der Waals surface area (Å²) in [6.07, 6.45) is 0. The van der Waals surface area contributed by atoms with E-state index in [0.717, 1.165) is 6.07 Å². The molecule has 0 saturated heterocycles. The predicted octanol–water partition coefficient (Wildman–Crippen LogP) is 3.00. The second-order valence-corrected chi connectivity index (χ2v) is 5.95. The van der Waals surface area contributed by atoms with E-state index in [1.807, 2.05) is 4.72 Å². The van der Waals surface area contributed by atoms with E-state index in [4.69, 9.17) is 17.3 Å². The van der Waals surface area contributed by atoms with Gasteiger partial charge in [-0.25, -0.2) is 17.2 Å². The van der Waals surface area contributed by atoms with Crippen LogP contribution in [0.3, 0.4) is 0 Å². The topological polar surface area (TPSA) is 72.2 Å². The van der Waals surface area contributed by atoms with Crippen molar-refractivity contribution in [1.82, 2.24) is 0 Å². The molecule has 106 valence electrons. The Hall–Kier alpha value is -1.86. The van der Waals surface area contributed by atoms with Crippen LogP contribution < -0.4 is 10.5 Å². The highest BCUT2D eigenvalue weighted by Crippen LogP contribution is 2.26. The number of rotatable bonds is 3. The van der Waals surface area contributed by atoms with Gasteiger partial charge in [0.2, 0.25) is 0 Å². The van der Waals surface area contributed by atoms with E-state index in [0.29, 0.717) is 6.07 Å². The molecule has 0 bridgehead atoms. The van der Waals surface area contributed by atoms with Crippen LogP contribution >= 0.6 is 11.6 Å². The van der Waals surface area contributed by atoms with Crippen molar-refractivity contribution >= 4 is 33.0 Å². The van der Waals surface area contributed by atoms with E-state index in [1.165, 1.54) is 18.2 Å². The predicted molar refractivity (Wildman–Crippen MR) is 73.0 cm³/mol. The fourth-order valence-corrected chi connectivity index (χ4v) is 3.09. The summed E-state index contributed by atoms with van der Waals surface area (Å²) in [4.78, 5) is -0.219. The smallest absolute Gasteiger partial charge is 0.263 e. The first-order valence-electron chi connectivity index (χ1n) is 5.33. The molecule has 20 heavy (non-hydrogen) atoms. The molecule has 2 rings (SSSR count). The number of nitrogens with one attached hydrogen (secondary N) is 1. The van der Waals surface area contributed by atoms with E-state index in [9.17, 15) is 17.2 Å². The maximum Gasteiger partial charge on any atom is 0.263 e. The summed E-state index contributed by atoms with van der Waals surface area (Å²) < 4.78 is 52.7. The molecular weight excluding hydrogens is 310 g/mol. The molecule has 0 saturated carbocycles. The van der Waals surface area contributed by atoms with Gasteiger partial charge < -0.3 is 5.73 Å². The van der Waals surface area contributed by atoms with Crippen LogP contribution in [0, 0.1) is 11.6 Å². The number of nitrogens with two attached hydrogens (primary N) is 1. The lowest BCUT2D eigenvalue weighted by Crippen LogP contribution is -2.15. The average Bonchev–Trinajstić information content (AvgIpc) is 2.36. The lowest BCUT2D eigenvalue weighted by Gasteiger charge is -2.11. The first-order chi connectivity index (χ1) is 9.31. The Bertz CT molecular complexity index is 766. The van der Waals surface area contributed by atoms with Crippen molar-refractivity contribution in [3.8, 4) is 0 Å². The number of hydrogen-bond acceptors (Lipinski definition) is 3. The Labute approximate surface area is 119 Å². The van der Waals surface area contributed by atoms with Gasteiger partial charge in [0.15, 0.2) is 0 Å². The number of sulfonamides is 1. The van der Waals surface area contributed by atoms with Crippen molar-refractivity contribution in [1.29, 1.82) is 0 Å². The quantitative estimate of drug-likeness (QED) is 0.854. The monoisotopic (exact) mass is 318 g/mol. The highest BCUT2D eigenvalue weighted by molar-refractivity contribution is 7.92. The van der Waals surface area contributed by atoms with Crippen LogP contribution in [-0.2, 0) is 10.0 Å². The fraction of sp³-hybridized carbons (Fsp3) is 0. The molecule has 0 radical (unpaired) electrons. The molecule has 8 heteroatoms. The number of anilines is 2. The summed E-state index contributed by atoms with van der Waals surface area (Å²) >= 11 is 5.77. The summed E-state index contributed by atoms with van der Waals surface area (Å²) in [5, 5.41) is -0.0181. The van der Waals surface area contributed by atoms with Crippen molar-refractivity contribution in [2.24, 2.45) is 0 Å². The third-order valence-electron chi connectivity index (χ3n) is 2.46. The van der Waals surface area contributed by atoms with Crippen LogP contribution in [0.2, 0.25) is 5.02 Å². The van der Waals surface area contributed by atoms with Crippen LogP contribution in [0.25, 0.3) is 0 Å². The Morgan fingerprint density at radius 2 is 1.75 bits per heavy atom. The number of hydrogen-bond donors (Lipinski definition) is 2. The van der Waals surface area contributed by atoms with E-state index in [1.54, 1.807) is 6.07 Å². The van der Waals surface area contributed by atoms with Crippen molar-refractivity contribution in [3.63, 3.8) is 0 Å². The molecule has 0 heterocycles. The van der Waals surface area contributed by atoms with E-state index < -0.39 is 27.3 Å². The Balaban J connectivity index is 2.44. The molecule has 0 amide bonds. The van der Waals surface area contributed by atoms with Gasteiger partial charge >= 0.3 is 0 Å². The molecule has 0 atom stereocenters. The molecule has 0 unspecified atom stereocenters. The van der Waals surface area contributed by atoms with Crippen LogP contribution in [0.1, 0.15) is 0 Å². The molecule has 0 aliphatic carbocycles. The third kappa shape index (κ3) is 2.83. The van der Waals surface area contributed by atoms with Gasteiger partial charge in [-0.1, -0.05) is 23.7 Å². The lowest BCUT2D eigenvalue weighted by molar-refractivity contribution is 0.585. The number of halogens is 3. The highest BCUT2D eigenvalue weighted by atomic mass is 35.5. The maximum absolute atomic E-state index is 13.5. The van der Waals surface area contributed by atoms with Crippen LogP contribution in [0.5, 0.6) is 0 Å². The minimum Gasteiger partial charge on any atom is -0.396 e. The Kier molecular flexibility index (Phi) is 3.82. The molecule has 0 spiro atoms. The van der Waals surface area contributed by atoms with E-state index in [2.05, 4.69) is 0 Å². The molecule has 0 aromatic heterocycles. The number of nitrogen functional groups attached to an aromatic ring is 1. The van der Waals surface area contributed by atoms with Gasteiger partial charge in [0.05, 0.1) is 16.4 Å². The van der Waals surface area contributed by atoms with Crippen LogP contribution in [-0.4, -0.2) is 8.42 Å². The highest BCUT2D eigenvalue weighted by Gasteiger charge is 2.20. The number of benzene rings is 2. The molecule has 2 aromatic rings. The molecule has 0 fully saturated rings. The van der Waals surface area contributed by atoms with Crippen molar-refractivity contribution < 1.29 is 17.2 Å². The van der Waals surface area contributed by atoms with Crippen molar-refractivity contribution in [3.05, 3.63) is 53.1 Å². The lowest BCUT2D eigenvalue weighted by atomic mass is 10.2. The zero-order valence-electron chi connectivity index (χ0n) is 9.90. The second kappa shape index (κ2) is 5.26. The minimum absolute atomic E-state index is 0.0181. The fourth-order valence-electron chi connectivity index (χ4n) is 1.51. The Morgan fingerprint density at radius 1 is 1.10 bits per heavy atom. The van der Waals surface area contributed by atoms with Gasteiger partial charge in [-0.05, 0) is 18.2 Å². The van der Waals surface area contributed by atoms with E-state index in [-0.39, 0.29) is 15.6 Å². The SMILES string of the molecule is Nc1cc(NS(=O)(=O)c2ccccc2Cl)c(F)cc1F. The normalized spacial score (nSPS) is 11.3. The van der Waals surface area contributed by atoms with Gasteiger partial charge in [-0.15, -0.1) is 0 Å². The molecule has 0 aliphatic heterocycles. The first kappa shape index (κ1) is 14.5. The van der Waals surface area contributed by atoms with E-state index >= 15 is 0 Å². The molecule has 0 aliphatic rings. The summed E-state index contributed by atoms with van der Waals surface area (Å²) in [6.45, 7) is 0. The second-order valence-electron chi connectivity index (χ2n) is 3.89. The Morgan fingerprint density at radius 3 is 2.40 bits per heavy atom. The van der Waals surface area contributed by atoms with Gasteiger partial charge in [-0.2, -0.15) is 0 Å². The van der Waals surface area contributed by atoms with Crippen LogP contribution in [0.4, 0.5) is 20.2 Å². The summed E-state index contributed by atoms with van der Waals surface area (Å²) in [6, 6.07) is 7.02. The maximum atomic E-state index is 13.5. The first-order valence-corrected chi connectivity index (χ1v) is 7.19. The molecular formula is C12H9ClF2N2O2S. The third-order valence-corrected chi connectivity index (χ3v) is 4.32. The van der Waals surface area contributed by atoms with Gasteiger partial charge in [0.1, 0.15) is 16.5 Å². The van der Waals surface area contributed by atoms with Gasteiger partial charge in [0.25, 0.3) is 10.0 Å². The standard InChI is InChI=1S/C12H9ClF2N2O2S/c13-7-3-1-2-4-12(7)20(18,19)17-11-6-10(16)8(14)5-9(11)15/h1-6,17H,16H2. The average molecular weight is 319 g/mol. The zero-order chi connectivity index (χ0) is 14.9. The zero-order valence-corrected chi connectivity index (χ0v) is 11.5. The molecule has 2 aromatic carbocycles. The van der Waals surface area contributed by atoms with Gasteiger partial charge in [0, 0.05) is 6.07 Å². The summed E-state index contributed by atoms with van der Waals surface area (Å²) in [7, 11) is -4.10. The van der Waals surface area contributed by atoms with Crippen molar-refractivity contribution in [2.75, 3.05) is 10.5 Å². The minimum atomic E-state index is -4.10. The summed E-state index contributed by atoms with van der Waals surface area (Å²) in [5.41, 5.74) is 4.45. The largest absolute Gasteiger partial charge is 0.396 e. The molecule has 3 N–H and O–H groups in total. The summed E-state index contributed by atoms with van der Waals surface area (Å²) in [5.74, 6) is -2.05.